The minimum absolute atomic E-state index is 0.187. The summed E-state index contributed by atoms with van der Waals surface area (Å²) in [5, 5.41) is 2.77. The molecule has 0 saturated carbocycles. The van der Waals surface area contributed by atoms with Crippen LogP contribution in [0.15, 0.2) is 72.9 Å². The van der Waals surface area contributed by atoms with Gasteiger partial charge < -0.3 is 11.1 Å². The molecule has 1 aromatic carbocycles. The zero-order chi connectivity index (χ0) is 18.3. The van der Waals surface area contributed by atoms with E-state index in [2.05, 4.69) is 18.5 Å². The lowest BCUT2D eigenvalue weighted by Crippen LogP contribution is -2.14. The van der Waals surface area contributed by atoms with Gasteiger partial charge in [0.05, 0.1) is 11.4 Å². The van der Waals surface area contributed by atoms with Crippen molar-refractivity contribution in [3.63, 3.8) is 0 Å². The minimum atomic E-state index is -0.187. The first-order chi connectivity index (χ1) is 11.0. The van der Waals surface area contributed by atoms with Crippen LogP contribution in [0.4, 0.5) is 11.4 Å². The largest absolute Gasteiger partial charge is 0.397 e. The molecule has 0 atom stereocenters. The lowest BCUT2D eigenvalue weighted by molar-refractivity contribution is -0.112. The lowest BCUT2D eigenvalue weighted by atomic mass is 10.1. The average Bonchev–Trinajstić information content (AvgIpc) is 2.52. The Morgan fingerprint density at radius 1 is 1.17 bits per heavy atom. The van der Waals surface area contributed by atoms with E-state index in [1.807, 2.05) is 46.8 Å². The van der Waals surface area contributed by atoms with E-state index in [0.29, 0.717) is 16.9 Å². The SMILES string of the molecule is C=C(C)/C=C\C(=C/C)C(=O)Nc1ccccc1N.C=CC.CC. The molecule has 3 heteroatoms. The number of para-hydroxylation sites is 2. The Balaban J connectivity index is 0. The van der Waals surface area contributed by atoms with Crippen molar-refractivity contribution in [1.29, 1.82) is 0 Å². The number of nitrogens with one attached hydrogen (secondary N) is 1. The lowest BCUT2D eigenvalue weighted by Gasteiger charge is -2.08. The first-order valence-corrected chi connectivity index (χ1v) is 7.69. The highest BCUT2D eigenvalue weighted by molar-refractivity contribution is 6.07. The number of rotatable bonds is 4. The van der Waals surface area contributed by atoms with Crippen LogP contribution in [0.1, 0.15) is 34.6 Å². The molecule has 0 aliphatic rings. The summed E-state index contributed by atoms with van der Waals surface area (Å²) in [6.07, 6.45) is 7.02. The first-order valence-electron chi connectivity index (χ1n) is 7.69. The van der Waals surface area contributed by atoms with Gasteiger partial charge in [0, 0.05) is 5.57 Å². The molecule has 0 bridgehead atoms. The highest BCUT2D eigenvalue weighted by Crippen LogP contribution is 2.17. The molecule has 0 heterocycles. The van der Waals surface area contributed by atoms with Crippen molar-refractivity contribution in [2.75, 3.05) is 11.1 Å². The number of carbonyl (C=O) groups excluding carboxylic acids is 1. The second-order valence-corrected chi connectivity index (χ2v) is 4.37. The van der Waals surface area contributed by atoms with Crippen molar-refractivity contribution in [1.82, 2.24) is 0 Å². The molecular formula is C20H30N2O. The van der Waals surface area contributed by atoms with Crippen LogP contribution in [-0.2, 0) is 4.79 Å². The fourth-order valence-corrected chi connectivity index (χ4v) is 1.34. The predicted molar refractivity (Wildman–Crippen MR) is 104 cm³/mol. The molecule has 0 aromatic heterocycles. The van der Waals surface area contributed by atoms with E-state index in [1.54, 1.807) is 36.4 Å². The van der Waals surface area contributed by atoms with Gasteiger partial charge in [0.15, 0.2) is 0 Å². The number of benzene rings is 1. The van der Waals surface area contributed by atoms with Crippen LogP contribution >= 0.6 is 0 Å². The Morgan fingerprint density at radius 3 is 2.13 bits per heavy atom. The summed E-state index contributed by atoms with van der Waals surface area (Å²) in [4.78, 5) is 12.0. The van der Waals surface area contributed by atoms with Crippen LogP contribution in [0.25, 0.3) is 0 Å². The highest BCUT2D eigenvalue weighted by atomic mass is 16.1. The van der Waals surface area contributed by atoms with Crippen LogP contribution < -0.4 is 11.1 Å². The summed E-state index contributed by atoms with van der Waals surface area (Å²) in [5.41, 5.74) is 8.39. The first kappa shape index (κ1) is 22.7. The van der Waals surface area contributed by atoms with Crippen LogP contribution in [0, 0.1) is 0 Å². The maximum atomic E-state index is 12.0. The predicted octanol–water partition coefficient (Wildman–Crippen LogP) is 5.50. The molecule has 0 radical (unpaired) electrons. The Bertz CT molecular complexity index is 555. The van der Waals surface area contributed by atoms with E-state index in [0.717, 1.165) is 5.57 Å². The minimum Gasteiger partial charge on any atom is -0.397 e. The topological polar surface area (TPSA) is 55.1 Å². The van der Waals surface area contributed by atoms with Gasteiger partial charge >= 0.3 is 0 Å². The molecule has 3 N–H and O–H groups in total. The van der Waals surface area contributed by atoms with Gasteiger partial charge in [0.2, 0.25) is 0 Å². The second-order valence-electron chi connectivity index (χ2n) is 4.37. The smallest absolute Gasteiger partial charge is 0.255 e. The number of nitrogens with two attached hydrogens (primary N) is 1. The number of hydrogen-bond acceptors (Lipinski definition) is 2. The Morgan fingerprint density at radius 2 is 1.70 bits per heavy atom. The van der Waals surface area contributed by atoms with Gasteiger partial charge in [0.1, 0.15) is 0 Å². The monoisotopic (exact) mass is 314 g/mol. The molecule has 3 nitrogen and oxygen atoms in total. The summed E-state index contributed by atoms with van der Waals surface area (Å²) >= 11 is 0. The van der Waals surface area contributed by atoms with E-state index in [1.165, 1.54) is 0 Å². The number of hydrogen-bond donors (Lipinski definition) is 2. The van der Waals surface area contributed by atoms with Gasteiger partial charge in [0.25, 0.3) is 5.91 Å². The van der Waals surface area contributed by atoms with Gasteiger partial charge in [-0.3, -0.25) is 4.79 Å². The van der Waals surface area contributed by atoms with Gasteiger partial charge in [-0.2, -0.15) is 0 Å². The summed E-state index contributed by atoms with van der Waals surface area (Å²) in [6.45, 7) is 16.7. The molecule has 0 spiro atoms. The van der Waals surface area contributed by atoms with Crippen molar-refractivity contribution in [3.05, 3.63) is 72.9 Å². The third-order valence-electron chi connectivity index (χ3n) is 2.33. The Labute approximate surface area is 141 Å². The molecule has 1 amide bonds. The maximum absolute atomic E-state index is 12.0. The maximum Gasteiger partial charge on any atom is 0.255 e. The third-order valence-corrected chi connectivity index (χ3v) is 2.33. The van der Waals surface area contributed by atoms with Crippen molar-refractivity contribution in [2.24, 2.45) is 0 Å². The Kier molecular flexibility index (Phi) is 14.2. The van der Waals surface area contributed by atoms with Crippen LogP contribution in [0.5, 0.6) is 0 Å². The fraction of sp³-hybridized carbons (Fsp3) is 0.250. The van der Waals surface area contributed by atoms with E-state index < -0.39 is 0 Å². The molecule has 0 aliphatic heterocycles. The van der Waals surface area contributed by atoms with Gasteiger partial charge in [-0.25, -0.2) is 0 Å². The number of carbonyl (C=O) groups is 1. The number of amides is 1. The molecule has 23 heavy (non-hydrogen) atoms. The summed E-state index contributed by atoms with van der Waals surface area (Å²) in [7, 11) is 0. The zero-order valence-corrected chi connectivity index (χ0v) is 15.0. The van der Waals surface area contributed by atoms with Crippen molar-refractivity contribution in [2.45, 2.75) is 34.6 Å². The molecule has 1 aromatic rings. The van der Waals surface area contributed by atoms with Crippen molar-refractivity contribution in [3.8, 4) is 0 Å². The quantitative estimate of drug-likeness (QED) is 0.333. The van der Waals surface area contributed by atoms with Crippen molar-refractivity contribution >= 4 is 17.3 Å². The van der Waals surface area contributed by atoms with E-state index in [-0.39, 0.29) is 5.91 Å². The third kappa shape index (κ3) is 10.8. The highest BCUT2D eigenvalue weighted by Gasteiger charge is 2.07. The molecule has 0 fully saturated rings. The molecule has 126 valence electrons. The number of anilines is 2. The molecule has 1 rings (SSSR count). The Hall–Kier alpha value is -2.55. The number of nitrogen functional groups attached to an aromatic ring is 1. The second kappa shape index (κ2) is 14.4. The van der Waals surface area contributed by atoms with Gasteiger partial charge in [-0.15, -0.1) is 6.58 Å². The molecule has 0 aliphatic carbocycles. The average molecular weight is 314 g/mol. The molecule has 0 saturated heterocycles. The van der Waals surface area contributed by atoms with Crippen LogP contribution in [0.2, 0.25) is 0 Å². The van der Waals surface area contributed by atoms with E-state index >= 15 is 0 Å². The molecular weight excluding hydrogens is 284 g/mol. The zero-order valence-electron chi connectivity index (χ0n) is 15.0. The van der Waals surface area contributed by atoms with Crippen LogP contribution in [-0.4, -0.2) is 5.91 Å². The van der Waals surface area contributed by atoms with Crippen LogP contribution in [0.3, 0.4) is 0 Å². The fourth-order valence-electron chi connectivity index (χ4n) is 1.34. The summed E-state index contributed by atoms with van der Waals surface area (Å²) in [5.74, 6) is -0.187. The van der Waals surface area contributed by atoms with Crippen molar-refractivity contribution < 1.29 is 4.79 Å². The number of allylic oxidation sites excluding steroid dienone is 4. The van der Waals surface area contributed by atoms with E-state index in [4.69, 9.17) is 5.73 Å². The summed E-state index contributed by atoms with van der Waals surface area (Å²) in [6, 6.07) is 7.16. The van der Waals surface area contributed by atoms with Gasteiger partial charge in [-0.1, -0.05) is 56.4 Å². The van der Waals surface area contributed by atoms with Gasteiger partial charge in [-0.05, 0) is 39.0 Å². The standard InChI is InChI=1S/C15H18N2O.C3H6.C2H6/c1-4-12(10-9-11(2)3)15(18)17-14-8-6-5-7-13(14)16;1-3-2;1-2/h4-10H,2,16H2,1,3H3,(H,17,18);3H,1H2,2H3;1-2H3/b10-9-,12-4+;;. The molecule has 0 unspecified atom stereocenters. The normalized spacial score (nSPS) is 9.87. The van der Waals surface area contributed by atoms with E-state index in [9.17, 15) is 4.79 Å². The summed E-state index contributed by atoms with van der Waals surface area (Å²) < 4.78 is 0.